The van der Waals surface area contributed by atoms with Gasteiger partial charge in [0.15, 0.2) is 0 Å². The number of hydrogen-bond acceptors (Lipinski definition) is 5. The lowest BCUT2D eigenvalue weighted by Gasteiger charge is -2.21. The van der Waals surface area contributed by atoms with Crippen LogP contribution in [0.15, 0.2) is 53.4 Å². The predicted octanol–water partition coefficient (Wildman–Crippen LogP) is 2.09. The Labute approximate surface area is 160 Å². The van der Waals surface area contributed by atoms with Crippen LogP contribution in [0.5, 0.6) is 5.75 Å². The van der Waals surface area contributed by atoms with Gasteiger partial charge in [0, 0.05) is 13.6 Å². The summed E-state index contributed by atoms with van der Waals surface area (Å²) in [4.78, 5) is 25.9. The maximum absolute atomic E-state index is 12.5. The van der Waals surface area contributed by atoms with Gasteiger partial charge in [0.1, 0.15) is 17.2 Å². The van der Waals surface area contributed by atoms with Crippen LogP contribution >= 0.6 is 0 Å². The van der Waals surface area contributed by atoms with Gasteiger partial charge in [-0.25, -0.2) is 12.7 Å². The van der Waals surface area contributed by atoms with E-state index >= 15 is 0 Å². The lowest BCUT2D eigenvalue weighted by atomic mass is 10.2. The fourth-order valence-electron chi connectivity index (χ4n) is 2.77. The van der Waals surface area contributed by atoms with Crippen molar-refractivity contribution in [3.63, 3.8) is 0 Å². The summed E-state index contributed by atoms with van der Waals surface area (Å²) in [7, 11) is -2.61. The molecule has 0 saturated heterocycles. The van der Waals surface area contributed by atoms with E-state index in [1.165, 1.54) is 54.4 Å². The van der Waals surface area contributed by atoms with Gasteiger partial charge >= 0.3 is 6.61 Å². The highest BCUT2D eigenvalue weighted by atomic mass is 32.2. The van der Waals surface area contributed by atoms with Crippen LogP contribution in [0.25, 0.3) is 0 Å². The number of rotatable bonds is 6. The molecule has 1 aliphatic rings. The minimum atomic E-state index is -4.07. The first-order valence-corrected chi connectivity index (χ1v) is 9.58. The zero-order valence-corrected chi connectivity index (χ0v) is 15.5. The van der Waals surface area contributed by atoms with Gasteiger partial charge in [-0.1, -0.05) is 24.3 Å². The molecule has 0 N–H and O–H groups in total. The van der Waals surface area contributed by atoms with Crippen molar-refractivity contribution >= 4 is 21.8 Å². The summed E-state index contributed by atoms with van der Waals surface area (Å²) in [5.41, 5.74) is 0.656. The summed E-state index contributed by atoms with van der Waals surface area (Å²) in [6.07, 6.45) is 0. The number of amides is 2. The predicted molar refractivity (Wildman–Crippen MR) is 94.2 cm³/mol. The van der Waals surface area contributed by atoms with Crippen LogP contribution in [0.1, 0.15) is 15.9 Å². The molecule has 2 aromatic rings. The highest BCUT2D eigenvalue weighted by Crippen LogP contribution is 2.29. The van der Waals surface area contributed by atoms with Gasteiger partial charge in [0.2, 0.25) is 5.91 Å². The molecule has 0 fully saturated rings. The number of carbonyl (C=O) groups excluding carboxylic acids is 2. The van der Waals surface area contributed by atoms with Crippen molar-refractivity contribution in [3.05, 3.63) is 59.7 Å². The van der Waals surface area contributed by atoms with Crippen molar-refractivity contribution in [1.82, 2.24) is 9.21 Å². The number of benzene rings is 2. The van der Waals surface area contributed by atoms with Crippen molar-refractivity contribution in [3.8, 4) is 5.75 Å². The molecule has 0 radical (unpaired) electrons. The summed E-state index contributed by atoms with van der Waals surface area (Å²) in [5, 5.41) is 0. The Kier molecular flexibility index (Phi) is 5.32. The maximum atomic E-state index is 12.5. The number of alkyl halides is 2. The van der Waals surface area contributed by atoms with E-state index in [0.29, 0.717) is 9.87 Å². The van der Waals surface area contributed by atoms with E-state index in [2.05, 4.69) is 4.74 Å². The molecule has 1 aliphatic heterocycles. The van der Waals surface area contributed by atoms with Crippen LogP contribution in [0.2, 0.25) is 0 Å². The fraction of sp³-hybridized carbons (Fsp3) is 0.222. The zero-order valence-electron chi connectivity index (χ0n) is 14.7. The molecule has 10 heteroatoms. The third-order valence-electron chi connectivity index (χ3n) is 4.18. The quantitative estimate of drug-likeness (QED) is 0.728. The van der Waals surface area contributed by atoms with Gasteiger partial charge in [-0.05, 0) is 29.8 Å². The molecule has 3 rings (SSSR count). The second-order valence-corrected chi connectivity index (χ2v) is 7.92. The average molecular weight is 410 g/mol. The normalized spacial score (nSPS) is 14.9. The molecule has 2 amide bonds. The second kappa shape index (κ2) is 7.55. The number of hydrogen-bond donors (Lipinski definition) is 0. The van der Waals surface area contributed by atoms with E-state index in [1.807, 2.05) is 0 Å². The molecule has 0 saturated carbocycles. The van der Waals surface area contributed by atoms with Crippen molar-refractivity contribution in [2.24, 2.45) is 0 Å². The summed E-state index contributed by atoms with van der Waals surface area (Å²) in [5.74, 6) is -1.34. The number of carbonyl (C=O) groups is 2. The zero-order chi connectivity index (χ0) is 20.5. The molecular formula is C18H16F2N2O5S. The number of fused-ring (bicyclic) bond motifs is 1. The second-order valence-electron chi connectivity index (χ2n) is 6.09. The first-order valence-electron chi connectivity index (χ1n) is 8.14. The fourth-order valence-corrected chi connectivity index (χ4v) is 4.29. The molecule has 0 aliphatic carbocycles. The Morgan fingerprint density at radius 1 is 1.14 bits per heavy atom. The number of halogens is 2. The van der Waals surface area contributed by atoms with Gasteiger partial charge in [-0.2, -0.15) is 8.78 Å². The molecule has 0 atom stereocenters. The summed E-state index contributed by atoms with van der Waals surface area (Å²) in [6.45, 7) is -3.46. The minimum Gasteiger partial charge on any atom is -0.435 e. The number of nitrogens with zero attached hydrogens (tertiary/aromatic N) is 2. The van der Waals surface area contributed by atoms with Crippen molar-refractivity contribution in [2.45, 2.75) is 18.1 Å². The van der Waals surface area contributed by atoms with Gasteiger partial charge in [-0.15, -0.1) is 0 Å². The Hall–Kier alpha value is -3.01. The number of ether oxygens (including phenoxy) is 1. The van der Waals surface area contributed by atoms with Crippen molar-refractivity contribution in [2.75, 3.05) is 13.6 Å². The molecule has 2 aromatic carbocycles. The third kappa shape index (κ3) is 3.81. The highest BCUT2D eigenvalue weighted by Gasteiger charge is 2.42. The van der Waals surface area contributed by atoms with Gasteiger partial charge in [0.05, 0.1) is 5.56 Å². The van der Waals surface area contributed by atoms with E-state index < -0.39 is 35.0 Å². The van der Waals surface area contributed by atoms with E-state index in [0.717, 1.165) is 0 Å². The van der Waals surface area contributed by atoms with E-state index in [4.69, 9.17) is 0 Å². The summed E-state index contributed by atoms with van der Waals surface area (Å²) in [6, 6.07) is 11.5. The monoisotopic (exact) mass is 410 g/mol. The Bertz CT molecular complexity index is 1010. The van der Waals surface area contributed by atoms with Gasteiger partial charge in [-0.3, -0.25) is 9.59 Å². The maximum Gasteiger partial charge on any atom is 0.387 e. The van der Waals surface area contributed by atoms with E-state index in [-0.39, 0.29) is 22.8 Å². The van der Waals surface area contributed by atoms with E-state index in [9.17, 15) is 26.8 Å². The molecule has 0 bridgehead atoms. The standard InChI is InChI=1S/C18H16F2N2O5S/c1-21(10-12-6-8-13(9-7-12)27-18(19)20)16(23)11-22-17(24)14-4-2-3-5-15(14)28(22,25)26/h2-9,18H,10-11H2,1H3. The number of sulfonamides is 1. The molecular weight excluding hydrogens is 394 g/mol. The average Bonchev–Trinajstić information content (AvgIpc) is 2.84. The van der Waals surface area contributed by atoms with Crippen LogP contribution in [-0.4, -0.2) is 49.6 Å². The van der Waals surface area contributed by atoms with Crippen molar-refractivity contribution < 1.29 is 31.5 Å². The van der Waals surface area contributed by atoms with Crippen LogP contribution in [0, 0.1) is 0 Å². The lowest BCUT2D eigenvalue weighted by Crippen LogP contribution is -2.40. The van der Waals surface area contributed by atoms with Crippen LogP contribution in [-0.2, 0) is 21.4 Å². The summed E-state index contributed by atoms with van der Waals surface area (Å²) >= 11 is 0. The molecule has 1 heterocycles. The topological polar surface area (TPSA) is 84.0 Å². The highest BCUT2D eigenvalue weighted by molar-refractivity contribution is 7.90. The largest absolute Gasteiger partial charge is 0.435 e. The van der Waals surface area contributed by atoms with Crippen LogP contribution in [0.3, 0.4) is 0 Å². The van der Waals surface area contributed by atoms with Gasteiger partial charge < -0.3 is 9.64 Å². The first kappa shape index (κ1) is 19.7. The lowest BCUT2D eigenvalue weighted by molar-refractivity contribution is -0.130. The van der Waals surface area contributed by atoms with Crippen molar-refractivity contribution in [1.29, 1.82) is 0 Å². The summed E-state index contributed by atoms with van der Waals surface area (Å²) < 4.78 is 54.1. The molecule has 148 valence electrons. The Morgan fingerprint density at radius 3 is 2.39 bits per heavy atom. The van der Waals surface area contributed by atoms with Crippen LogP contribution in [0.4, 0.5) is 8.78 Å². The minimum absolute atomic E-state index is 0.0146. The smallest absolute Gasteiger partial charge is 0.387 e. The Balaban J connectivity index is 1.67. The molecule has 7 nitrogen and oxygen atoms in total. The SMILES string of the molecule is CN(Cc1ccc(OC(F)F)cc1)C(=O)CN1C(=O)c2ccccc2S1(=O)=O. The van der Waals surface area contributed by atoms with Gasteiger partial charge in [0.25, 0.3) is 15.9 Å². The Morgan fingerprint density at radius 2 is 1.79 bits per heavy atom. The first-order chi connectivity index (χ1) is 13.2. The third-order valence-corrected chi connectivity index (χ3v) is 5.97. The number of likely N-dealkylation sites (N-methyl/N-ethyl adjacent to an activating group) is 1. The van der Waals surface area contributed by atoms with E-state index in [1.54, 1.807) is 6.07 Å². The molecule has 28 heavy (non-hydrogen) atoms. The van der Waals surface area contributed by atoms with Crippen LogP contribution < -0.4 is 4.74 Å². The molecule has 0 spiro atoms. The molecule has 0 unspecified atom stereocenters. The molecule has 0 aromatic heterocycles.